The highest BCUT2D eigenvalue weighted by molar-refractivity contribution is 7.91. The minimum Gasteiger partial charge on any atom is -0.497 e. The number of hydrogen-bond acceptors (Lipinski definition) is 5. The lowest BCUT2D eigenvalue weighted by Gasteiger charge is -2.29. The number of carbonyl (C=O) groups is 1. The molecule has 0 spiro atoms. The molecule has 0 aromatic heterocycles. The Hall–Kier alpha value is -1.60. The van der Waals surface area contributed by atoms with Crippen molar-refractivity contribution in [1.29, 1.82) is 0 Å². The maximum atomic E-state index is 12.6. The van der Waals surface area contributed by atoms with Crippen LogP contribution in [0.3, 0.4) is 0 Å². The highest BCUT2D eigenvalue weighted by Gasteiger charge is 2.33. The smallest absolute Gasteiger partial charge is 0.237 e. The summed E-state index contributed by atoms with van der Waals surface area (Å²) in [7, 11) is 0.521. The molecule has 0 radical (unpaired) electrons. The number of carbonyl (C=O) groups excluding carboxylic acids is 1. The quantitative estimate of drug-likeness (QED) is 0.735. The second-order valence-corrected chi connectivity index (χ2v) is 8.49. The lowest BCUT2D eigenvalue weighted by molar-refractivity contribution is -0.133. The standard InChI is InChI=1S/C17H26N2O4S/c1-4-19(15-8-9-24(21,22)13-15)17(20)12-18(2)11-14-6-5-7-16(10-14)23-3/h5-7,10,15H,4,8-9,11-13H2,1-3H3/t15-/m0/s1. The molecular formula is C17H26N2O4S. The molecule has 134 valence electrons. The van der Waals surface area contributed by atoms with Crippen LogP contribution in [0, 0.1) is 0 Å². The number of methoxy groups -OCH3 is 1. The molecule has 1 saturated heterocycles. The Balaban J connectivity index is 1.94. The predicted octanol–water partition coefficient (Wildman–Crippen LogP) is 1.16. The summed E-state index contributed by atoms with van der Waals surface area (Å²) in [5.41, 5.74) is 1.07. The molecule has 0 saturated carbocycles. The van der Waals surface area contributed by atoms with E-state index >= 15 is 0 Å². The second-order valence-electron chi connectivity index (χ2n) is 6.26. The van der Waals surface area contributed by atoms with Crippen LogP contribution in [-0.4, -0.2) is 68.9 Å². The average Bonchev–Trinajstić information content (AvgIpc) is 2.87. The maximum absolute atomic E-state index is 12.6. The molecule has 1 aliphatic rings. The van der Waals surface area contributed by atoms with E-state index in [4.69, 9.17) is 4.74 Å². The number of benzene rings is 1. The van der Waals surface area contributed by atoms with E-state index in [1.54, 1.807) is 12.0 Å². The van der Waals surface area contributed by atoms with Gasteiger partial charge >= 0.3 is 0 Å². The molecule has 1 heterocycles. The van der Waals surface area contributed by atoms with E-state index in [9.17, 15) is 13.2 Å². The number of sulfone groups is 1. The summed E-state index contributed by atoms with van der Waals surface area (Å²) in [5, 5.41) is 0. The van der Waals surface area contributed by atoms with Crippen LogP contribution in [0.4, 0.5) is 0 Å². The van der Waals surface area contributed by atoms with Crippen molar-refractivity contribution in [3.05, 3.63) is 29.8 Å². The molecule has 1 aliphatic heterocycles. The van der Waals surface area contributed by atoms with E-state index in [-0.39, 0.29) is 30.0 Å². The monoisotopic (exact) mass is 354 g/mol. The minimum absolute atomic E-state index is 0.0232. The molecule has 1 fully saturated rings. The molecule has 1 aromatic carbocycles. The van der Waals surface area contributed by atoms with Crippen molar-refractivity contribution < 1.29 is 17.9 Å². The van der Waals surface area contributed by atoms with Gasteiger partial charge in [0.25, 0.3) is 0 Å². The largest absolute Gasteiger partial charge is 0.497 e. The average molecular weight is 354 g/mol. The zero-order valence-electron chi connectivity index (χ0n) is 14.6. The van der Waals surface area contributed by atoms with E-state index in [2.05, 4.69) is 0 Å². The zero-order chi connectivity index (χ0) is 17.7. The van der Waals surface area contributed by atoms with Gasteiger partial charge in [0.15, 0.2) is 9.84 Å². The molecule has 1 aromatic rings. The van der Waals surface area contributed by atoms with Crippen LogP contribution in [0.2, 0.25) is 0 Å². The van der Waals surface area contributed by atoms with Gasteiger partial charge in [0.05, 0.1) is 25.2 Å². The van der Waals surface area contributed by atoms with Crippen LogP contribution in [-0.2, 0) is 21.2 Å². The van der Waals surface area contributed by atoms with E-state index in [0.717, 1.165) is 11.3 Å². The summed E-state index contributed by atoms with van der Waals surface area (Å²) < 4.78 is 28.5. The van der Waals surface area contributed by atoms with Crippen molar-refractivity contribution in [2.45, 2.75) is 25.9 Å². The lowest BCUT2D eigenvalue weighted by Crippen LogP contribution is -2.45. The number of amides is 1. The van der Waals surface area contributed by atoms with Crippen molar-refractivity contribution in [3.8, 4) is 5.75 Å². The van der Waals surface area contributed by atoms with Crippen molar-refractivity contribution in [2.24, 2.45) is 0 Å². The number of likely N-dealkylation sites (N-methyl/N-ethyl adjacent to an activating group) is 2. The van der Waals surface area contributed by atoms with Crippen LogP contribution in [0.15, 0.2) is 24.3 Å². The van der Waals surface area contributed by atoms with Gasteiger partial charge in [-0.05, 0) is 38.1 Å². The van der Waals surface area contributed by atoms with Gasteiger partial charge < -0.3 is 9.64 Å². The normalized spacial score (nSPS) is 19.4. The van der Waals surface area contributed by atoms with E-state index in [1.165, 1.54) is 0 Å². The van der Waals surface area contributed by atoms with Crippen LogP contribution in [0.5, 0.6) is 5.75 Å². The Kier molecular flexibility index (Phi) is 6.23. The molecule has 1 atom stereocenters. The molecule has 0 aliphatic carbocycles. The number of nitrogens with zero attached hydrogens (tertiary/aromatic N) is 2. The number of hydrogen-bond donors (Lipinski definition) is 0. The van der Waals surface area contributed by atoms with Crippen LogP contribution >= 0.6 is 0 Å². The SMILES string of the molecule is CCN(C(=O)CN(C)Cc1cccc(OC)c1)[C@H]1CCS(=O)(=O)C1. The second kappa shape index (κ2) is 7.98. The first-order valence-corrected chi connectivity index (χ1v) is 9.98. The summed E-state index contributed by atoms with van der Waals surface area (Å²) in [4.78, 5) is 16.2. The fourth-order valence-electron chi connectivity index (χ4n) is 3.12. The van der Waals surface area contributed by atoms with Crippen LogP contribution in [0.25, 0.3) is 0 Å². The van der Waals surface area contributed by atoms with E-state index in [0.29, 0.717) is 19.5 Å². The summed E-state index contributed by atoms with van der Waals surface area (Å²) in [6, 6.07) is 7.56. The van der Waals surface area contributed by atoms with Gasteiger partial charge in [-0.15, -0.1) is 0 Å². The third-order valence-corrected chi connectivity index (χ3v) is 6.05. The highest BCUT2D eigenvalue weighted by Crippen LogP contribution is 2.18. The van der Waals surface area contributed by atoms with Gasteiger partial charge in [0, 0.05) is 19.1 Å². The number of ether oxygens (including phenoxy) is 1. The first kappa shape index (κ1) is 18.7. The van der Waals surface area contributed by atoms with Gasteiger partial charge in [0.2, 0.25) is 5.91 Å². The molecule has 6 nitrogen and oxygen atoms in total. The Morgan fingerprint density at radius 1 is 1.38 bits per heavy atom. The Morgan fingerprint density at radius 2 is 2.12 bits per heavy atom. The summed E-state index contributed by atoms with van der Waals surface area (Å²) in [5.74, 6) is 1.04. The minimum atomic E-state index is -2.99. The first-order chi connectivity index (χ1) is 11.3. The zero-order valence-corrected chi connectivity index (χ0v) is 15.4. The fraction of sp³-hybridized carbons (Fsp3) is 0.588. The van der Waals surface area contributed by atoms with E-state index < -0.39 is 9.84 Å². The maximum Gasteiger partial charge on any atom is 0.237 e. The van der Waals surface area contributed by atoms with E-state index in [1.807, 2.05) is 43.1 Å². The molecule has 7 heteroatoms. The van der Waals surface area contributed by atoms with Crippen molar-refractivity contribution in [3.63, 3.8) is 0 Å². The van der Waals surface area contributed by atoms with Crippen molar-refractivity contribution >= 4 is 15.7 Å². The lowest BCUT2D eigenvalue weighted by atomic mass is 10.2. The third kappa shape index (κ3) is 4.95. The molecule has 1 amide bonds. The summed E-state index contributed by atoms with van der Waals surface area (Å²) >= 11 is 0. The highest BCUT2D eigenvalue weighted by atomic mass is 32.2. The third-order valence-electron chi connectivity index (χ3n) is 4.30. The Morgan fingerprint density at radius 3 is 2.71 bits per heavy atom. The van der Waals surface area contributed by atoms with Crippen LogP contribution < -0.4 is 4.74 Å². The summed E-state index contributed by atoms with van der Waals surface area (Å²) in [6.07, 6.45) is 0.543. The van der Waals surface area contributed by atoms with Crippen LogP contribution in [0.1, 0.15) is 18.9 Å². The Bertz CT molecular complexity index is 675. The van der Waals surface area contributed by atoms with Crippen molar-refractivity contribution in [1.82, 2.24) is 9.80 Å². The molecule has 0 unspecified atom stereocenters. The Labute approximate surface area is 144 Å². The topological polar surface area (TPSA) is 66.9 Å². The first-order valence-electron chi connectivity index (χ1n) is 8.16. The molecule has 0 N–H and O–H groups in total. The predicted molar refractivity (Wildman–Crippen MR) is 93.8 cm³/mol. The van der Waals surface area contributed by atoms with Gasteiger partial charge in [-0.1, -0.05) is 12.1 Å². The molecular weight excluding hydrogens is 328 g/mol. The summed E-state index contributed by atoms with van der Waals surface area (Å²) in [6.45, 7) is 3.32. The molecule has 2 rings (SSSR count). The van der Waals surface area contributed by atoms with Gasteiger partial charge in [0.1, 0.15) is 5.75 Å². The molecule has 0 bridgehead atoms. The molecule has 24 heavy (non-hydrogen) atoms. The fourth-order valence-corrected chi connectivity index (χ4v) is 4.85. The number of rotatable bonds is 7. The van der Waals surface area contributed by atoms with Gasteiger partial charge in [-0.25, -0.2) is 8.42 Å². The van der Waals surface area contributed by atoms with Gasteiger partial charge in [-0.2, -0.15) is 0 Å². The van der Waals surface area contributed by atoms with Gasteiger partial charge in [-0.3, -0.25) is 9.69 Å². The van der Waals surface area contributed by atoms with Crippen molar-refractivity contribution in [2.75, 3.05) is 38.8 Å².